The zero-order valence-electron chi connectivity index (χ0n) is 15.4. The lowest BCUT2D eigenvalue weighted by molar-refractivity contribution is 0.0953. The van der Waals surface area contributed by atoms with E-state index in [1.807, 2.05) is 30.3 Å². The molecule has 0 unspecified atom stereocenters. The van der Waals surface area contributed by atoms with Crippen molar-refractivity contribution in [1.82, 2.24) is 5.43 Å². The van der Waals surface area contributed by atoms with Gasteiger partial charge < -0.3 is 13.9 Å². The summed E-state index contributed by atoms with van der Waals surface area (Å²) >= 11 is 5.98. The van der Waals surface area contributed by atoms with E-state index in [2.05, 4.69) is 10.5 Å². The molecule has 0 radical (unpaired) electrons. The van der Waals surface area contributed by atoms with Crippen molar-refractivity contribution < 1.29 is 18.7 Å². The van der Waals surface area contributed by atoms with Crippen molar-refractivity contribution in [2.45, 2.75) is 13.5 Å². The first-order valence-corrected chi connectivity index (χ1v) is 8.87. The minimum Gasteiger partial charge on any atom is -0.496 e. The predicted molar refractivity (Wildman–Crippen MR) is 107 cm³/mol. The van der Waals surface area contributed by atoms with Crippen LogP contribution < -0.4 is 14.9 Å². The highest BCUT2D eigenvalue weighted by molar-refractivity contribution is 6.30. The van der Waals surface area contributed by atoms with Crippen LogP contribution in [0.3, 0.4) is 0 Å². The van der Waals surface area contributed by atoms with Crippen LogP contribution in [0.15, 0.2) is 64.3 Å². The van der Waals surface area contributed by atoms with Gasteiger partial charge in [-0.1, -0.05) is 17.7 Å². The highest BCUT2D eigenvalue weighted by Gasteiger charge is 2.10. The number of halogens is 1. The molecule has 1 aromatic heterocycles. The minimum atomic E-state index is -0.333. The standard InChI is InChI=1S/C21H19ClN2O4/c1-14-19(8-9-27-14)21(25)24-23-12-15-6-7-20(26-2)16(10-15)13-28-18-5-3-4-17(22)11-18/h3-12H,13H2,1-2H3,(H,24,25)/b23-12-. The molecule has 0 saturated carbocycles. The number of furan rings is 1. The largest absolute Gasteiger partial charge is 0.496 e. The van der Waals surface area contributed by atoms with Gasteiger partial charge in [0.05, 0.1) is 25.2 Å². The quantitative estimate of drug-likeness (QED) is 0.466. The zero-order chi connectivity index (χ0) is 19.9. The molecular weight excluding hydrogens is 380 g/mol. The number of methoxy groups -OCH3 is 1. The molecule has 3 aromatic rings. The number of benzene rings is 2. The SMILES string of the molecule is COc1ccc(/C=N\NC(=O)c2ccoc2C)cc1COc1cccc(Cl)c1. The van der Waals surface area contributed by atoms with Crippen LogP contribution in [0.5, 0.6) is 11.5 Å². The van der Waals surface area contributed by atoms with Gasteiger partial charge in [0.2, 0.25) is 0 Å². The van der Waals surface area contributed by atoms with Crippen molar-refractivity contribution in [2.75, 3.05) is 7.11 Å². The van der Waals surface area contributed by atoms with Crippen LogP contribution in [-0.4, -0.2) is 19.2 Å². The van der Waals surface area contributed by atoms with Crippen LogP contribution in [0.4, 0.5) is 0 Å². The third kappa shape index (κ3) is 4.92. The number of carbonyl (C=O) groups excluding carboxylic acids is 1. The topological polar surface area (TPSA) is 73.1 Å². The molecule has 0 aliphatic heterocycles. The van der Waals surface area contributed by atoms with Crippen molar-refractivity contribution in [1.29, 1.82) is 0 Å². The summed E-state index contributed by atoms with van der Waals surface area (Å²) < 4.78 is 16.3. The Labute approximate surface area is 167 Å². The summed E-state index contributed by atoms with van der Waals surface area (Å²) in [5, 5.41) is 4.61. The lowest BCUT2D eigenvalue weighted by atomic mass is 10.1. The fourth-order valence-corrected chi connectivity index (χ4v) is 2.74. The van der Waals surface area contributed by atoms with Crippen molar-refractivity contribution in [3.63, 3.8) is 0 Å². The molecule has 0 fully saturated rings. The Kier molecular flexibility index (Phi) is 6.34. The number of hydrazone groups is 1. The average Bonchev–Trinajstić information content (AvgIpc) is 3.12. The van der Waals surface area contributed by atoms with Gasteiger partial charge in [0, 0.05) is 10.6 Å². The summed E-state index contributed by atoms with van der Waals surface area (Å²) in [4.78, 5) is 12.0. The average molecular weight is 399 g/mol. The second kappa shape index (κ2) is 9.10. The molecule has 0 bridgehead atoms. The van der Waals surface area contributed by atoms with Crippen LogP contribution in [0.25, 0.3) is 0 Å². The Hall–Kier alpha value is -3.25. The molecule has 1 N–H and O–H groups in total. The van der Waals surface area contributed by atoms with E-state index < -0.39 is 0 Å². The van der Waals surface area contributed by atoms with E-state index in [9.17, 15) is 4.79 Å². The van der Waals surface area contributed by atoms with E-state index in [0.717, 1.165) is 11.1 Å². The van der Waals surface area contributed by atoms with Gasteiger partial charge in [-0.05, 0) is 55.0 Å². The number of hydrogen-bond acceptors (Lipinski definition) is 5. The predicted octanol–water partition coefficient (Wildman–Crippen LogP) is 4.59. The first-order valence-electron chi connectivity index (χ1n) is 8.49. The second-order valence-electron chi connectivity index (χ2n) is 5.91. The molecule has 0 aliphatic rings. The third-order valence-corrected chi connectivity index (χ3v) is 4.21. The Balaban J connectivity index is 1.68. The molecule has 0 atom stereocenters. The van der Waals surface area contributed by atoms with Gasteiger partial charge in [-0.2, -0.15) is 5.10 Å². The van der Waals surface area contributed by atoms with Crippen LogP contribution in [-0.2, 0) is 6.61 Å². The van der Waals surface area contributed by atoms with Gasteiger partial charge in [-0.15, -0.1) is 0 Å². The number of rotatable bonds is 7. The number of carbonyl (C=O) groups is 1. The van der Waals surface area contributed by atoms with Gasteiger partial charge in [0.1, 0.15) is 23.9 Å². The van der Waals surface area contributed by atoms with Crippen molar-refractivity contribution in [3.8, 4) is 11.5 Å². The van der Waals surface area contributed by atoms with E-state index in [1.165, 1.54) is 6.26 Å². The van der Waals surface area contributed by atoms with Crippen LogP contribution >= 0.6 is 11.6 Å². The second-order valence-corrected chi connectivity index (χ2v) is 6.34. The lowest BCUT2D eigenvalue weighted by Crippen LogP contribution is -2.17. The molecule has 3 rings (SSSR count). The number of nitrogens with zero attached hydrogens (tertiary/aromatic N) is 1. The summed E-state index contributed by atoms with van der Waals surface area (Å²) in [6.07, 6.45) is 3.01. The third-order valence-electron chi connectivity index (χ3n) is 3.98. The monoisotopic (exact) mass is 398 g/mol. The Bertz CT molecular complexity index is 998. The summed E-state index contributed by atoms with van der Waals surface area (Å²) in [7, 11) is 1.60. The molecular formula is C21H19ClN2O4. The summed E-state index contributed by atoms with van der Waals surface area (Å²) in [5.74, 6) is 1.56. The van der Waals surface area contributed by atoms with E-state index >= 15 is 0 Å². The molecule has 1 amide bonds. The maximum atomic E-state index is 12.0. The number of ether oxygens (including phenoxy) is 2. The minimum absolute atomic E-state index is 0.297. The van der Waals surface area contributed by atoms with Crippen LogP contribution in [0.2, 0.25) is 5.02 Å². The maximum absolute atomic E-state index is 12.0. The van der Waals surface area contributed by atoms with Gasteiger partial charge in [0.15, 0.2) is 0 Å². The molecule has 6 nitrogen and oxygen atoms in total. The van der Waals surface area contributed by atoms with Crippen LogP contribution in [0.1, 0.15) is 27.2 Å². The van der Waals surface area contributed by atoms with E-state index in [0.29, 0.717) is 34.5 Å². The first-order chi connectivity index (χ1) is 13.6. The van der Waals surface area contributed by atoms with Crippen molar-refractivity contribution in [3.05, 3.63) is 82.3 Å². The molecule has 0 spiro atoms. The number of nitrogens with one attached hydrogen (secondary N) is 1. The van der Waals surface area contributed by atoms with Crippen LogP contribution in [0, 0.1) is 6.92 Å². The fraction of sp³-hybridized carbons (Fsp3) is 0.143. The molecule has 7 heteroatoms. The smallest absolute Gasteiger partial charge is 0.274 e. The highest BCUT2D eigenvalue weighted by Crippen LogP contribution is 2.23. The van der Waals surface area contributed by atoms with Crippen molar-refractivity contribution in [2.24, 2.45) is 5.10 Å². The fourth-order valence-electron chi connectivity index (χ4n) is 2.56. The van der Waals surface area contributed by atoms with E-state index in [1.54, 1.807) is 38.4 Å². The number of amides is 1. The maximum Gasteiger partial charge on any atom is 0.274 e. The molecule has 28 heavy (non-hydrogen) atoms. The summed E-state index contributed by atoms with van der Waals surface area (Å²) in [6.45, 7) is 2.01. The number of hydrogen-bond donors (Lipinski definition) is 1. The highest BCUT2D eigenvalue weighted by atomic mass is 35.5. The Morgan fingerprint density at radius 1 is 1.25 bits per heavy atom. The first kappa shape index (κ1) is 19.5. The van der Waals surface area contributed by atoms with Gasteiger partial charge in [-0.3, -0.25) is 4.79 Å². The Morgan fingerprint density at radius 3 is 2.82 bits per heavy atom. The summed E-state index contributed by atoms with van der Waals surface area (Å²) in [6, 6.07) is 14.3. The normalized spacial score (nSPS) is 10.8. The van der Waals surface area contributed by atoms with E-state index in [4.69, 9.17) is 25.5 Å². The molecule has 0 aliphatic carbocycles. The van der Waals surface area contributed by atoms with Gasteiger partial charge in [0.25, 0.3) is 5.91 Å². The molecule has 2 aromatic carbocycles. The van der Waals surface area contributed by atoms with Gasteiger partial charge >= 0.3 is 0 Å². The summed E-state index contributed by atoms with van der Waals surface area (Å²) in [5.41, 5.74) is 4.55. The van der Waals surface area contributed by atoms with Crippen molar-refractivity contribution >= 4 is 23.7 Å². The molecule has 0 saturated heterocycles. The van der Waals surface area contributed by atoms with E-state index in [-0.39, 0.29) is 5.91 Å². The Morgan fingerprint density at radius 2 is 2.11 bits per heavy atom. The zero-order valence-corrected chi connectivity index (χ0v) is 16.2. The number of aryl methyl sites for hydroxylation is 1. The molecule has 1 heterocycles. The lowest BCUT2D eigenvalue weighted by Gasteiger charge is -2.11. The molecule has 144 valence electrons. The van der Waals surface area contributed by atoms with Gasteiger partial charge in [-0.25, -0.2) is 5.43 Å².